The normalized spacial score (nSPS) is 16.2. The molecule has 0 spiro atoms. The van der Waals surface area contributed by atoms with Gasteiger partial charge in [-0.1, -0.05) is 11.6 Å². The molecule has 22 heavy (non-hydrogen) atoms. The lowest BCUT2D eigenvalue weighted by Gasteiger charge is -2.34. The zero-order valence-electron chi connectivity index (χ0n) is 12.5. The van der Waals surface area contributed by atoms with Gasteiger partial charge in [-0.25, -0.2) is 4.98 Å². The molecule has 1 aliphatic rings. The van der Waals surface area contributed by atoms with Gasteiger partial charge < -0.3 is 9.47 Å². The van der Waals surface area contributed by atoms with Crippen LogP contribution < -0.4 is 0 Å². The maximum atomic E-state index is 12.4. The molecular formula is C15H19ClN4OS. The number of rotatable bonds is 4. The van der Waals surface area contributed by atoms with Crippen LogP contribution in [0.1, 0.15) is 15.5 Å². The van der Waals surface area contributed by atoms with Crippen LogP contribution in [0.2, 0.25) is 4.34 Å². The summed E-state index contributed by atoms with van der Waals surface area (Å²) in [6, 6.07) is 3.59. The smallest absolute Gasteiger partial charge is 0.264 e. The van der Waals surface area contributed by atoms with E-state index < -0.39 is 0 Å². The molecule has 2 aromatic rings. The van der Waals surface area contributed by atoms with Crippen LogP contribution in [0.25, 0.3) is 0 Å². The van der Waals surface area contributed by atoms with Crippen LogP contribution in [-0.2, 0) is 6.54 Å². The van der Waals surface area contributed by atoms with Crippen molar-refractivity contribution >= 4 is 28.8 Å². The minimum atomic E-state index is 0.0991. The summed E-state index contributed by atoms with van der Waals surface area (Å²) >= 11 is 7.25. The zero-order chi connectivity index (χ0) is 15.5. The van der Waals surface area contributed by atoms with Crippen LogP contribution in [0.4, 0.5) is 0 Å². The summed E-state index contributed by atoms with van der Waals surface area (Å²) in [5.41, 5.74) is 0. The van der Waals surface area contributed by atoms with E-state index in [0.29, 0.717) is 4.34 Å². The summed E-state index contributed by atoms with van der Waals surface area (Å²) in [6.07, 6.45) is 3.84. The van der Waals surface area contributed by atoms with E-state index in [0.717, 1.165) is 50.0 Å². The Kier molecular flexibility index (Phi) is 4.81. The number of halogens is 1. The van der Waals surface area contributed by atoms with Gasteiger partial charge >= 0.3 is 0 Å². The van der Waals surface area contributed by atoms with E-state index in [4.69, 9.17) is 11.6 Å². The Morgan fingerprint density at radius 2 is 2.05 bits per heavy atom. The number of imidazole rings is 1. The summed E-state index contributed by atoms with van der Waals surface area (Å²) in [7, 11) is 0. The highest BCUT2D eigenvalue weighted by molar-refractivity contribution is 7.17. The van der Waals surface area contributed by atoms with Gasteiger partial charge in [0.1, 0.15) is 5.82 Å². The highest BCUT2D eigenvalue weighted by Gasteiger charge is 2.22. The Morgan fingerprint density at radius 3 is 2.64 bits per heavy atom. The summed E-state index contributed by atoms with van der Waals surface area (Å²) in [5, 5.41) is 0. The first-order chi connectivity index (χ1) is 10.6. The first-order valence-electron chi connectivity index (χ1n) is 7.38. The Hall–Kier alpha value is -1.37. The highest BCUT2D eigenvalue weighted by atomic mass is 35.5. The van der Waals surface area contributed by atoms with Crippen LogP contribution in [0, 0.1) is 6.92 Å². The largest absolute Gasteiger partial charge is 0.335 e. The van der Waals surface area contributed by atoms with Gasteiger partial charge in [0.15, 0.2) is 0 Å². The topological polar surface area (TPSA) is 41.4 Å². The molecule has 0 radical (unpaired) electrons. The monoisotopic (exact) mass is 338 g/mol. The number of thiophene rings is 1. The predicted octanol–water partition coefficient (Wildman–Crippen LogP) is 2.36. The van der Waals surface area contributed by atoms with Gasteiger partial charge in [-0.05, 0) is 19.1 Å². The molecular weight excluding hydrogens is 320 g/mol. The Morgan fingerprint density at radius 1 is 1.27 bits per heavy atom. The molecule has 3 heterocycles. The van der Waals surface area contributed by atoms with Crippen molar-refractivity contribution in [2.45, 2.75) is 13.5 Å². The van der Waals surface area contributed by atoms with E-state index in [9.17, 15) is 4.79 Å². The molecule has 0 atom stereocenters. The highest BCUT2D eigenvalue weighted by Crippen LogP contribution is 2.23. The average Bonchev–Trinajstić information content (AvgIpc) is 3.13. The molecule has 0 aromatic carbocycles. The van der Waals surface area contributed by atoms with Crippen molar-refractivity contribution in [3.05, 3.63) is 39.6 Å². The Balaban J connectivity index is 1.48. The number of piperazine rings is 1. The SMILES string of the molecule is Cc1nccn1CCN1CCN(C(=O)c2ccc(Cl)s2)CC1. The molecule has 3 rings (SSSR count). The summed E-state index contributed by atoms with van der Waals surface area (Å²) in [4.78, 5) is 21.6. The van der Waals surface area contributed by atoms with E-state index in [1.54, 1.807) is 6.07 Å². The lowest BCUT2D eigenvalue weighted by atomic mass is 10.3. The molecule has 0 N–H and O–H groups in total. The predicted molar refractivity (Wildman–Crippen MR) is 88.6 cm³/mol. The molecule has 0 saturated carbocycles. The summed E-state index contributed by atoms with van der Waals surface area (Å²) in [5.74, 6) is 1.14. The fraction of sp³-hybridized carbons (Fsp3) is 0.467. The number of carbonyl (C=O) groups excluding carboxylic acids is 1. The second kappa shape index (κ2) is 6.81. The van der Waals surface area contributed by atoms with E-state index >= 15 is 0 Å². The first-order valence-corrected chi connectivity index (χ1v) is 8.57. The summed E-state index contributed by atoms with van der Waals surface area (Å²) < 4.78 is 2.82. The number of nitrogens with zero attached hydrogens (tertiary/aromatic N) is 4. The van der Waals surface area contributed by atoms with E-state index in [1.165, 1.54) is 11.3 Å². The van der Waals surface area contributed by atoms with Crippen LogP contribution in [0.15, 0.2) is 24.5 Å². The fourth-order valence-corrected chi connectivity index (χ4v) is 3.66. The number of hydrogen-bond donors (Lipinski definition) is 0. The van der Waals surface area contributed by atoms with Gasteiger partial charge in [0.2, 0.25) is 0 Å². The molecule has 1 aliphatic heterocycles. The quantitative estimate of drug-likeness (QED) is 0.859. The molecule has 0 unspecified atom stereocenters. The van der Waals surface area contributed by atoms with Gasteiger partial charge in [0, 0.05) is 51.7 Å². The minimum absolute atomic E-state index is 0.0991. The molecule has 7 heteroatoms. The molecule has 1 fully saturated rings. The van der Waals surface area contributed by atoms with Crippen molar-refractivity contribution in [1.82, 2.24) is 19.4 Å². The third-order valence-electron chi connectivity index (χ3n) is 4.02. The molecule has 0 bridgehead atoms. The first kappa shape index (κ1) is 15.5. The number of amides is 1. The van der Waals surface area contributed by atoms with Crippen molar-refractivity contribution in [2.24, 2.45) is 0 Å². The molecule has 2 aromatic heterocycles. The van der Waals surface area contributed by atoms with Crippen LogP contribution in [0.5, 0.6) is 0 Å². The molecule has 0 aliphatic carbocycles. The van der Waals surface area contributed by atoms with Gasteiger partial charge in [-0.2, -0.15) is 0 Å². The van der Waals surface area contributed by atoms with Crippen molar-refractivity contribution < 1.29 is 4.79 Å². The molecule has 5 nitrogen and oxygen atoms in total. The molecule has 1 saturated heterocycles. The Bertz CT molecular complexity index is 646. The Labute approximate surface area is 139 Å². The third-order valence-corrected chi connectivity index (χ3v) is 5.24. The maximum absolute atomic E-state index is 12.4. The molecule has 118 valence electrons. The van der Waals surface area contributed by atoms with Crippen molar-refractivity contribution in [3.63, 3.8) is 0 Å². The lowest BCUT2D eigenvalue weighted by Crippen LogP contribution is -2.49. The van der Waals surface area contributed by atoms with Gasteiger partial charge in [-0.3, -0.25) is 9.69 Å². The van der Waals surface area contributed by atoms with E-state index in [1.807, 2.05) is 30.3 Å². The van der Waals surface area contributed by atoms with Crippen LogP contribution in [-0.4, -0.2) is 58.0 Å². The second-order valence-electron chi connectivity index (χ2n) is 5.41. The minimum Gasteiger partial charge on any atom is -0.335 e. The average molecular weight is 339 g/mol. The van der Waals surface area contributed by atoms with Gasteiger partial charge in [0.25, 0.3) is 5.91 Å². The standard InChI is InChI=1S/C15H19ClN4OS/c1-12-17-4-5-19(12)9-6-18-7-10-20(11-8-18)15(21)13-2-3-14(16)22-13/h2-5H,6-11H2,1H3. The van der Waals surface area contributed by atoms with E-state index in [2.05, 4.69) is 14.5 Å². The summed E-state index contributed by atoms with van der Waals surface area (Å²) in [6.45, 7) is 7.33. The maximum Gasteiger partial charge on any atom is 0.264 e. The second-order valence-corrected chi connectivity index (χ2v) is 7.12. The van der Waals surface area contributed by atoms with Gasteiger partial charge in [-0.15, -0.1) is 11.3 Å². The van der Waals surface area contributed by atoms with Crippen molar-refractivity contribution in [2.75, 3.05) is 32.7 Å². The van der Waals surface area contributed by atoms with E-state index in [-0.39, 0.29) is 5.91 Å². The van der Waals surface area contributed by atoms with Crippen LogP contribution >= 0.6 is 22.9 Å². The zero-order valence-corrected chi connectivity index (χ0v) is 14.1. The number of aryl methyl sites for hydroxylation is 1. The van der Waals surface area contributed by atoms with Crippen molar-refractivity contribution in [3.8, 4) is 0 Å². The van der Waals surface area contributed by atoms with Crippen molar-refractivity contribution in [1.29, 1.82) is 0 Å². The van der Waals surface area contributed by atoms with Gasteiger partial charge in [0.05, 0.1) is 9.21 Å². The number of carbonyl (C=O) groups is 1. The third kappa shape index (κ3) is 3.51. The number of hydrogen-bond acceptors (Lipinski definition) is 4. The van der Waals surface area contributed by atoms with Crippen LogP contribution in [0.3, 0.4) is 0 Å². The fourth-order valence-electron chi connectivity index (χ4n) is 2.65. The number of aromatic nitrogens is 2. The lowest BCUT2D eigenvalue weighted by molar-refractivity contribution is 0.0638. The molecule has 1 amide bonds.